The number of ether oxygens (including phenoxy) is 1. The first-order chi connectivity index (χ1) is 12.5. The molecule has 1 saturated heterocycles. The van der Waals surface area contributed by atoms with Crippen LogP contribution in [-0.2, 0) is 14.4 Å². The Morgan fingerprint density at radius 1 is 1.31 bits per heavy atom. The molecule has 138 valence electrons. The highest BCUT2D eigenvalue weighted by Crippen LogP contribution is 2.33. The minimum absolute atomic E-state index is 0.00255. The number of hydrogen-bond acceptors (Lipinski definition) is 5. The Kier molecular flexibility index (Phi) is 5.06. The van der Waals surface area contributed by atoms with Gasteiger partial charge in [0.1, 0.15) is 5.75 Å². The minimum atomic E-state index is -0.787. The van der Waals surface area contributed by atoms with E-state index < -0.39 is 12.1 Å². The second-order valence-electron chi connectivity index (χ2n) is 6.00. The van der Waals surface area contributed by atoms with E-state index in [2.05, 4.69) is 10.6 Å². The summed E-state index contributed by atoms with van der Waals surface area (Å²) in [5.41, 5.74) is 0.604. The number of carbonyl (C=O) groups is 4. The summed E-state index contributed by atoms with van der Waals surface area (Å²) >= 11 is 0. The van der Waals surface area contributed by atoms with Gasteiger partial charge < -0.3 is 20.3 Å². The molecule has 3 rings (SSSR count). The number of imide groups is 1. The number of anilines is 1. The third kappa shape index (κ3) is 3.46. The van der Waals surface area contributed by atoms with E-state index in [0.717, 1.165) is 4.90 Å². The van der Waals surface area contributed by atoms with Gasteiger partial charge in [-0.1, -0.05) is 12.1 Å². The predicted molar refractivity (Wildman–Crippen MR) is 91.6 cm³/mol. The second kappa shape index (κ2) is 7.42. The van der Waals surface area contributed by atoms with Gasteiger partial charge in [0, 0.05) is 20.0 Å². The van der Waals surface area contributed by atoms with Crippen molar-refractivity contribution in [2.24, 2.45) is 0 Å². The van der Waals surface area contributed by atoms with E-state index in [1.165, 1.54) is 11.9 Å². The van der Waals surface area contributed by atoms with Crippen LogP contribution in [0.2, 0.25) is 0 Å². The Balaban J connectivity index is 1.66. The summed E-state index contributed by atoms with van der Waals surface area (Å²) < 4.78 is 5.67. The first kappa shape index (κ1) is 17.7. The zero-order valence-corrected chi connectivity index (χ0v) is 14.4. The molecule has 2 N–H and O–H groups in total. The fourth-order valence-corrected chi connectivity index (χ4v) is 2.97. The van der Waals surface area contributed by atoms with Crippen molar-refractivity contribution < 1.29 is 23.9 Å². The van der Waals surface area contributed by atoms with Crippen LogP contribution >= 0.6 is 0 Å². The van der Waals surface area contributed by atoms with Crippen LogP contribution in [-0.4, -0.2) is 61.4 Å². The van der Waals surface area contributed by atoms with Crippen LogP contribution in [0.4, 0.5) is 10.5 Å². The number of nitrogens with one attached hydrogen (secondary N) is 2. The molecule has 1 atom stereocenters. The van der Waals surface area contributed by atoms with Gasteiger partial charge in [0.15, 0.2) is 6.10 Å². The van der Waals surface area contributed by atoms with Gasteiger partial charge >= 0.3 is 6.03 Å². The topological polar surface area (TPSA) is 108 Å². The first-order valence-corrected chi connectivity index (χ1v) is 8.37. The molecule has 0 radical (unpaired) electrons. The van der Waals surface area contributed by atoms with E-state index in [1.54, 1.807) is 24.3 Å². The molecule has 5 amide bonds. The van der Waals surface area contributed by atoms with E-state index in [9.17, 15) is 19.2 Å². The van der Waals surface area contributed by atoms with Gasteiger partial charge in [-0.2, -0.15) is 0 Å². The van der Waals surface area contributed by atoms with Gasteiger partial charge in [-0.05, 0) is 18.6 Å². The van der Waals surface area contributed by atoms with Crippen molar-refractivity contribution >= 4 is 29.4 Å². The summed E-state index contributed by atoms with van der Waals surface area (Å²) in [6.45, 7) is 0.289. The van der Waals surface area contributed by atoms with E-state index in [0.29, 0.717) is 17.9 Å². The Labute approximate surface area is 150 Å². The first-order valence-electron chi connectivity index (χ1n) is 8.37. The van der Waals surface area contributed by atoms with E-state index >= 15 is 0 Å². The number of hydrogen-bond donors (Lipinski definition) is 2. The van der Waals surface area contributed by atoms with Crippen molar-refractivity contribution in [1.82, 2.24) is 15.5 Å². The number of urea groups is 1. The average molecular weight is 360 g/mol. The molecule has 2 aliphatic heterocycles. The molecule has 0 bridgehead atoms. The largest absolute Gasteiger partial charge is 0.477 e. The average Bonchev–Trinajstić information content (AvgIpc) is 2.98. The number of fused-ring (bicyclic) bond motifs is 1. The van der Waals surface area contributed by atoms with Crippen molar-refractivity contribution in [2.45, 2.75) is 18.9 Å². The van der Waals surface area contributed by atoms with Crippen molar-refractivity contribution in [2.75, 3.05) is 31.6 Å². The third-order valence-corrected chi connectivity index (χ3v) is 4.32. The Morgan fingerprint density at radius 2 is 2.08 bits per heavy atom. The van der Waals surface area contributed by atoms with Crippen LogP contribution in [0.15, 0.2) is 24.3 Å². The van der Waals surface area contributed by atoms with Gasteiger partial charge in [0.2, 0.25) is 11.8 Å². The summed E-state index contributed by atoms with van der Waals surface area (Å²) in [5, 5.41) is 4.96. The maximum Gasteiger partial charge on any atom is 0.324 e. The molecular weight excluding hydrogens is 340 g/mol. The van der Waals surface area contributed by atoms with Gasteiger partial charge in [-0.25, -0.2) is 4.79 Å². The predicted octanol–water partition coefficient (Wildman–Crippen LogP) is -0.141. The molecule has 0 spiro atoms. The quantitative estimate of drug-likeness (QED) is 0.711. The van der Waals surface area contributed by atoms with Crippen molar-refractivity contribution in [3.8, 4) is 5.75 Å². The van der Waals surface area contributed by atoms with Crippen molar-refractivity contribution in [1.29, 1.82) is 0 Å². The zero-order chi connectivity index (χ0) is 18.7. The standard InChI is InChI=1S/C17H20N4O5/c1-18-16(24)13-10-21(11-5-2-3-6-12(11)26-13)14(22)7-4-8-20-15(23)9-19-17(20)25/h2-3,5-6,13H,4,7-10H2,1H3,(H,18,24)(H,19,25)/t13-/m1/s1. The molecule has 0 saturated carbocycles. The number of benzene rings is 1. The van der Waals surface area contributed by atoms with Crippen LogP contribution in [0, 0.1) is 0 Å². The summed E-state index contributed by atoms with van der Waals surface area (Å²) in [6, 6.07) is 6.59. The van der Waals surface area contributed by atoms with Gasteiger partial charge in [0.25, 0.3) is 5.91 Å². The summed E-state index contributed by atoms with van der Waals surface area (Å²) in [6.07, 6.45) is -0.293. The normalized spacial score (nSPS) is 18.9. The maximum atomic E-state index is 12.7. The lowest BCUT2D eigenvalue weighted by molar-refractivity contribution is -0.128. The fourth-order valence-electron chi connectivity index (χ4n) is 2.97. The molecule has 26 heavy (non-hydrogen) atoms. The highest BCUT2D eigenvalue weighted by Gasteiger charge is 2.33. The molecule has 1 aromatic rings. The van der Waals surface area contributed by atoms with Crippen LogP contribution in [0.25, 0.3) is 0 Å². The number of rotatable bonds is 5. The maximum absolute atomic E-state index is 12.7. The Bertz CT molecular complexity index is 734. The van der Waals surface area contributed by atoms with E-state index in [4.69, 9.17) is 4.74 Å². The van der Waals surface area contributed by atoms with Crippen LogP contribution in [0.5, 0.6) is 5.75 Å². The van der Waals surface area contributed by atoms with E-state index in [1.807, 2.05) is 0 Å². The van der Waals surface area contributed by atoms with Crippen LogP contribution < -0.4 is 20.3 Å². The second-order valence-corrected chi connectivity index (χ2v) is 6.00. The molecule has 1 fully saturated rings. The lowest BCUT2D eigenvalue weighted by atomic mass is 10.1. The number of likely N-dealkylation sites (N-methyl/N-ethyl adjacent to an activating group) is 1. The number of carbonyl (C=O) groups excluding carboxylic acids is 4. The van der Waals surface area contributed by atoms with Crippen LogP contribution in [0.1, 0.15) is 12.8 Å². The summed E-state index contributed by atoms with van der Waals surface area (Å²) in [4.78, 5) is 50.3. The van der Waals surface area contributed by atoms with Crippen LogP contribution in [0.3, 0.4) is 0 Å². The molecule has 0 aliphatic carbocycles. The highest BCUT2D eigenvalue weighted by atomic mass is 16.5. The molecule has 2 aliphatic rings. The number of nitrogens with zero attached hydrogens (tertiary/aromatic N) is 2. The third-order valence-electron chi connectivity index (χ3n) is 4.32. The molecule has 9 heteroatoms. The molecule has 0 aromatic heterocycles. The van der Waals surface area contributed by atoms with Crippen molar-refractivity contribution in [3.05, 3.63) is 24.3 Å². The fraction of sp³-hybridized carbons (Fsp3) is 0.412. The monoisotopic (exact) mass is 360 g/mol. The van der Waals surface area contributed by atoms with Gasteiger partial charge in [-0.15, -0.1) is 0 Å². The van der Waals surface area contributed by atoms with E-state index in [-0.39, 0.29) is 43.8 Å². The van der Waals surface area contributed by atoms with Gasteiger partial charge in [-0.3, -0.25) is 19.3 Å². The molecule has 0 unspecified atom stereocenters. The molecule has 1 aromatic carbocycles. The summed E-state index contributed by atoms with van der Waals surface area (Å²) in [5.74, 6) is -0.327. The smallest absolute Gasteiger partial charge is 0.324 e. The number of amides is 5. The molecule has 2 heterocycles. The number of para-hydroxylation sites is 2. The highest BCUT2D eigenvalue weighted by molar-refractivity contribution is 6.02. The zero-order valence-electron chi connectivity index (χ0n) is 14.4. The minimum Gasteiger partial charge on any atom is -0.477 e. The van der Waals surface area contributed by atoms with Gasteiger partial charge in [0.05, 0.1) is 18.8 Å². The Morgan fingerprint density at radius 3 is 2.77 bits per heavy atom. The Hall–Kier alpha value is -3.10. The summed E-state index contributed by atoms with van der Waals surface area (Å²) in [7, 11) is 1.51. The molecular formula is C17H20N4O5. The lowest BCUT2D eigenvalue weighted by Gasteiger charge is -2.34. The lowest BCUT2D eigenvalue weighted by Crippen LogP contribution is -2.50. The van der Waals surface area contributed by atoms with Crippen molar-refractivity contribution in [3.63, 3.8) is 0 Å². The molecule has 9 nitrogen and oxygen atoms in total. The SMILES string of the molecule is CNC(=O)[C@H]1CN(C(=O)CCCN2C(=O)CNC2=O)c2ccccc2O1.